The Morgan fingerprint density at radius 3 is 2.48 bits per heavy atom. The molecule has 0 atom stereocenters. The topological polar surface area (TPSA) is 62.4 Å². The third kappa shape index (κ3) is 7.45. The van der Waals surface area contributed by atoms with E-state index in [0.717, 1.165) is 0 Å². The number of benzene rings is 1. The maximum atomic E-state index is 13.4. The first-order valence-corrected chi connectivity index (χ1v) is 6.95. The smallest absolute Gasteiger partial charge is 0.407 e. The molecule has 0 aromatic heterocycles. The van der Waals surface area contributed by atoms with Crippen LogP contribution in [-0.2, 0) is 4.74 Å². The third-order valence-corrected chi connectivity index (χ3v) is 2.45. The highest BCUT2D eigenvalue weighted by Gasteiger charge is 2.15. The highest BCUT2D eigenvalue weighted by atomic mass is 32.1. The number of halogens is 1. The number of anilines is 1. The predicted octanol–water partition coefficient (Wildman–Crippen LogP) is 2.64. The summed E-state index contributed by atoms with van der Waals surface area (Å²) in [6, 6.07) is 6.23. The van der Waals surface area contributed by atoms with Gasteiger partial charge in [0.1, 0.15) is 11.4 Å². The van der Waals surface area contributed by atoms with Gasteiger partial charge in [0, 0.05) is 13.1 Å². The first-order valence-electron chi connectivity index (χ1n) is 6.54. The molecule has 0 fully saturated rings. The largest absolute Gasteiger partial charge is 0.444 e. The summed E-state index contributed by atoms with van der Waals surface area (Å²) in [5, 5.41) is 8.47. The summed E-state index contributed by atoms with van der Waals surface area (Å²) in [5.74, 6) is -0.381. The Bertz CT molecular complexity index is 503. The van der Waals surface area contributed by atoms with Crippen LogP contribution < -0.4 is 16.0 Å². The van der Waals surface area contributed by atoms with Gasteiger partial charge in [-0.15, -0.1) is 0 Å². The Labute approximate surface area is 129 Å². The monoisotopic (exact) mass is 313 g/mol. The summed E-state index contributed by atoms with van der Waals surface area (Å²) < 4.78 is 18.5. The molecule has 7 heteroatoms. The molecular formula is C14H20FN3O2S. The summed E-state index contributed by atoms with van der Waals surface area (Å²) in [5.41, 5.74) is -0.228. The number of rotatable bonds is 4. The number of thiocarbonyl (C=S) groups is 1. The van der Waals surface area contributed by atoms with Gasteiger partial charge in [0.2, 0.25) is 0 Å². The standard InChI is InChI=1S/C14H20FN3O2S/c1-14(2,3)20-13(19)17-9-8-16-12(21)18-11-7-5-4-6-10(11)15/h4-7H,8-9H2,1-3H3,(H,17,19)(H2,16,18,21). The third-order valence-electron chi connectivity index (χ3n) is 2.20. The van der Waals surface area contributed by atoms with Gasteiger partial charge in [-0.25, -0.2) is 9.18 Å². The number of nitrogens with one attached hydrogen (secondary N) is 3. The van der Waals surface area contributed by atoms with E-state index in [2.05, 4.69) is 16.0 Å². The maximum absolute atomic E-state index is 13.4. The van der Waals surface area contributed by atoms with Crippen LogP contribution in [0.5, 0.6) is 0 Å². The van der Waals surface area contributed by atoms with E-state index in [0.29, 0.717) is 18.8 Å². The quantitative estimate of drug-likeness (QED) is 0.589. The van der Waals surface area contributed by atoms with Crippen LogP contribution in [0.25, 0.3) is 0 Å². The van der Waals surface area contributed by atoms with Gasteiger partial charge in [0.05, 0.1) is 5.69 Å². The molecule has 1 aromatic carbocycles. The van der Waals surface area contributed by atoms with E-state index in [1.54, 1.807) is 39.0 Å². The first kappa shape index (κ1) is 17.2. The van der Waals surface area contributed by atoms with Crippen molar-refractivity contribution in [2.75, 3.05) is 18.4 Å². The number of ether oxygens (including phenoxy) is 1. The lowest BCUT2D eigenvalue weighted by Crippen LogP contribution is -2.39. The minimum Gasteiger partial charge on any atom is -0.444 e. The van der Waals surface area contributed by atoms with Crippen LogP contribution in [0.3, 0.4) is 0 Å². The number of carbonyl (C=O) groups excluding carboxylic acids is 1. The molecule has 0 spiro atoms. The average Bonchev–Trinajstić information content (AvgIpc) is 2.35. The summed E-state index contributed by atoms with van der Waals surface area (Å²) in [4.78, 5) is 11.4. The Hall–Kier alpha value is -1.89. The van der Waals surface area contributed by atoms with Crippen LogP contribution >= 0.6 is 12.2 Å². The van der Waals surface area contributed by atoms with E-state index >= 15 is 0 Å². The molecule has 116 valence electrons. The van der Waals surface area contributed by atoms with E-state index in [1.807, 2.05) is 0 Å². The molecule has 5 nitrogen and oxygen atoms in total. The van der Waals surface area contributed by atoms with Crippen molar-refractivity contribution in [3.63, 3.8) is 0 Å². The molecule has 1 amide bonds. The normalized spacial score (nSPS) is 10.7. The van der Waals surface area contributed by atoms with Crippen molar-refractivity contribution < 1.29 is 13.9 Å². The average molecular weight is 313 g/mol. The lowest BCUT2D eigenvalue weighted by molar-refractivity contribution is 0.0529. The van der Waals surface area contributed by atoms with Crippen molar-refractivity contribution in [2.45, 2.75) is 26.4 Å². The zero-order valence-corrected chi connectivity index (χ0v) is 13.1. The summed E-state index contributed by atoms with van der Waals surface area (Å²) in [6.45, 7) is 6.11. The van der Waals surface area contributed by atoms with Crippen LogP contribution in [0.1, 0.15) is 20.8 Å². The molecule has 1 rings (SSSR count). The Morgan fingerprint density at radius 2 is 1.86 bits per heavy atom. The van der Waals surface area contributed by atoms with Gasteiger partial charge >= 0.3 is 6.09 Å². The minimum absolute atomic E-state index is 0.283. The molecule has 1 aromatic rings. The van der Waals surface area contributed by atoms with Gasteiger partial charge in [0.15, 0.2) is 5.11 Å². The van der Waals surface area contributed by atoms with Crippen molar-refractivity contribution in [1.29, 1.82) is 0 Å². The van der Waals surface area contributed by atoms with Crippen molar-refractivity contribution in [3.8, 4) is 0 Å². The molecule has 0 aliphatic carbocycles. The van der Waals surface area contributed by atoms with Gasteiger partial charge in [-0.3, -0.25) is 0 Å². The predicted molar refractivity (Wildman–Crippen MR) is 84.9 cm³/mol. The van der Waals surface area contributed by atoms with E-state index in [4.69, 9.17) is 17.0 Å². The Kier molecular flexibility index (Phi) is 6.36. The Morgan fingerprint density at radius 1 is 1.24 bits per heavy atom. The molecule has 0 bridgehead atoms. The molecule has 0 radical (unpaired) electrons. The molecule has 3 N–H and O–H groups in total. The van der Waals surface area contributed by atoms with Crippen LogP contribution in [0.2, 0.25) is 0 Å². The molecule has 21 heavy (non-hydrogen) atoms. The van der Waals surface area contributed by atoms with Gasteiger partial charge in [-0.05, 0) is 45.1 Å². The number of hydrogen-bond donors (Lipinski definition) is 3. The van der Waals surface area contributed by atoms with E-state index in [-0.39, 0.29) is 10.9 Å². The zero-order valence-electron chi connectivity index (χ0n) is 12.3. The minimum atomic E-state index is -0.529. The van der Waals surface area contributed by atoms with Gasteiger partial charge in [-0.1, -0.05) is 12.1 Å². The molecule has 0 aliphatic rings. The van der Waals surface area contributed by atoms with E-state index in [1.165, 1.54) is 6.07 Å². The molecule has 0 saturated carbocycles. The number of amides is 1. The molecule has 0 saturated heterocycles. The van der Waals surface area contributed by atoms with Crippen LogP contribution in [0.4, 0.5) is 14.9 Å². The van der Waals surface area contributed by atoms with E-state index in [9.17, 15) is 9.18 Å². The second-order valence-corrected chi connectivity index (χ2v) is 5.70. The van der Waals surface area contributed by atoms with Gasteiger partial charge in [-0.2, -0.15) is 0 Å². The lowest BCUT2D eigenvalue weighted by atomic mass is 10.2. The fraction of sp³-hybridized carbons (Fsp3) is 0.429. The molecular weight excluding hydrogens is 293 g/mol. The molecule has 0 heterocycles. The first-order chi connectivity index (χ1) is 9.78. The van der Waals surface area contributed by atoms with Crippen molar-refractivity contribution >= 4 is 29.1 Å². The highest BCUT2D eigenvalue weighted by molar-refractivity contribution is 7.80. The summed E-state index contributed by atoms with van der Waals surface area (Å²) in [6.07, 6.45) is -0.489. The Balaban J connectivity index is 2.23. The van der Waals surface area contributed by atoms with Crippen LogP contribution in [0.15, 0.2) is 24.3 Å². The fourth-order valence-electron chi connectivity index (χ4n) is 1.38. The SMILES string of the molecule is CC(C)(C)OC(=O)NCCNC(=S)Nc1ccccc1F. The second kappa shape index (κ2) is 7.78. The summed E-state index contributed by atoms with van der Waals surface area (Å²) >= 11 is 5.03. The van der Waals surface area contributed by atoms with Crippen LogP contribution in [0, 0.1) is 5.82 Å². The molecule has 0 aliphatic heterocycles. The highest BCUT2D eigenvalue weighted by Crippen LogP contribution is 2.11. The van der Waals surface area contributed by atoms with Crippen LogP contribution in [-0.4, -0.2) is 29.9 Å². The molecule has 0 unspecified atom stereocenters. The van der Waals surface area contributed by atoms with Gasteiger partial charge < -0.3 is 20.7 Å². The fourth-order valence-corrected chi connectivity index (χ4v) is 1.60. The number of carbonyl (C=O) groups is 1. The number of alkyl carbamates (subject to hydrolysis) is 1. The number of hydrogen-bond acceptors (Lipinski definition) is 3. The second-order valence-electron chi connectivity index (χ2n) is 5.29. The maximum Gasteiger partial charge on any atom is 0.407 e. The number of para-hydroxylation sites is 1. The van der Waals surface area contributed by atoms with Crippen molar-refractivity contribution in [2.24, 2.45) is 0 Å². The zero-order chi connectivity index (χ0) is 15.9. The van der Waals surface area contributed by atoms with Gasteiger partial charge in [0.25, 0.3) is 0 Å². The van der Waals surface area contributed by atoms with Crippen molar-refractivity contribution in [3.05, 3.63) is 30.1 Å². The summed E-state index contributed by atoms with van der Waals surface area (Å²) in [7, 11) is 0. The van der Waals surface area contributed by atoms with Crippen molar-refractivity contribution in [1.82, 2.24) is 10.6 Å². The lowest BCUT2D eigenvalue weighted by Gasteiger charge is -2.19. The van der Waals surface area contributed by atoms with E-state index < -0.39 is 11.7 Å².